The molecule has 0 aliphatic carbocycles. The van der Waals surface area contributed by atoms with Gasteiger partial charge in [-0.2, -0.15) is 0 Å². The van der Waals surface area contributed by atoms with E-state index < -0.39 is 0 Å². The van der Waals surface area contributed by atoms with Crippen LogP contribution in [0.3, 0.4) is 0 Å². The van der Waals surface area contributed by atoms with Gasteiger partial charge in [-0.3, -0.25) is 9.59 Å². The number of nitrogens with one attached hydrogen (secondary N) is 1. The fourth-order valence-electron chi connectivity index (χ4n) is 3.56. The number of nitrogens with zero attached hydrogens (tertiary/aromatic N) is 1. The lowest BCUT2D eigenvalue weighted by Gasteiger charge is -2.31. The van der Waals surface area contributed by atoms with Gasteiger partial charge in [0.1, 0.15) is 0 Å². The van der Waals surface area contributed by atoms with E-state index >= 15 is 0 Å². The number of halogens is 2. The van der Waals surface area contributed by atoms with E-state index in [4.69, 9.17) is 23.2 Å². The van der Waals surface area contributed by atoms with Crippen LogP contribution in [0.15, 0.2) is 30.3 Å². The SMILES string of the molecule is Cc1ccc(NC(=O)CCCC(=O)N2CCCc3cc(C)cc(Cl)c32)c(Cl)c1. The summed E-state index contributed by atoms with van der Waals surface area (Å²) in [4.78, 5) is 26.7. The molecular formula is C22H24Cl2N2O2. The van der Waals surface area contributed by atoms with E-state index in [9.17, 15) is 9.59 Å². The molecule has 0 spiro atoms. The second kappa shape index (κ2) is 8.97. The Kier molecular flexibility index (Phi) is 6.63. The molecule has 1 heterocycles. The van der Waals surface area contributed by atoms with Crippen molar-refractivity contribution in [3.8, 4) is 0 Å². The van der Waals surface area contributed by atoms with Crippen molar-refractivity contribution in [3.63, 3.8) is 0 Å². The number of carbonyl (C=O) groups is 2. The van der Waals surface area contributed by atoms with Crippen molar-refractivity contribution in [1.29, 1.82) is 0 Å². The molecule has 0 saturated heterocycles. The van der Waals surface area contributed by atoms with Crippen molar-refractivity contribution >= 4 is 46.4 Å². The molecule has 148 valence electrons. The lowest BCUT2D eigenvalue weighted by Crippen LogP contribution is -2.35. The molecule has 0 unspecified atom stereocenters. The van der Waals surface area contributed by atoms with Crippen LogP contribution in [-0.2, 0) is 16.0 Å². The minimum absolute atomic E-state index is 0.00729. The van der Waals surface area contributed by atoms with Gasteiger partial charge in [-0.15, -0.1) is 0 Å². The first-order chi connectivity index (χ1) is 13.3. The molecule has 2 aromatic carbocycles. The first-order valence-electron chi connectivity index (χ1n) is 9.50. The molecule has 1 aliphatic heterocycles. The van der Waals surface area contributed by atoms with Gasteiger partial charge in [0.2, 0.25) is 11.8 Å². The Morgan fingerprint density at radius 1 is 1.04 bits per heavy atom. The Hall–Kier alpha value is -2.04. The third kappa shape index (κ3) is 4.86. The summed E-state index contributed by atoms with van der Waals surface area (Å²) < 4.78 is 0. The maximum absolute atomic E-state index is 12.7. The zero-order valence-corrected chi connectivity index (χ0v) is 17.7. The highest BCUT2D eigenvalue weighted by Gasteiger charge is 2.25. The van der Waals surface area contributed by atoms with Gasteiger partial charge < -0.3 is 10.2 Å². The highest BCUT2D eigenvalue weighted by molar-refractivity contribution is 6.34. The number of benzene rings is 2. The molecule has 2 aromatic rings. The molecule has 6 heteroatoms. The van der Waals surface area contributed by atoms with Crippen LogP contribution >= 0.6 is 23.2 Å². The molecule has 0 fully saturated rings. The van der Waals surface area contributed by atoms with E-state index in [1.807, 2.05) is 26.0 Å². The number of carbonyl (C=O) groups excluding carboxylic acids is 2. The molecule has 28 heavy (non-hydrogen) atoms. The van der Waals surface area contributed by atoms with Crippen molar-refractivity contribution in [3.05, 3.63) is 57.1 Å². The number of amides is 2. The molecule has 4 nitrogen and oxygen atoms in total. The molecule has 1 aliphatic rings. The number of hydrogen-bond donors (Lipinski definition) is 1. The molecule has 0 saturated carbocycles. The van der Waals surface area contributed by atoms with Gasteiger partial charge in [0.15, 0.2) is 0 Å². The largest absolute Gasteiger partial charge is 0.325 e. The van der Waals surface area contributed by atoms with E-state index in [1.165, 1.54) is 0 Å². The summed E-state index contributed by atoms with van der Waals surface area (Å²) in [5.74, 6) is -0.140. The van der Waals surface area contributed by atoms with Gasteiger partial charge in [-0.05, 0) is 68.0 Å². The fraction of sp³-hybridized carbons (Fsp3) is 0.364. The average Bonchev–Trinajstić information content (AvgIpc) is 2.63. The molecule has 0 aromatic heterocycles. The topological polar surface area (TPSA) is 49.4 Å². The normalized spacial score (nSPS) is 13.2. The van der Waals surface area contributed by atoms with E-state index in [1.54, 1.807) is 17.0 Å². The molecule has 3 rings (SSSR count). The van der Waals surface area contributed by atoms with Crippen molar-refractivity contribution in [2.24, 2.45) is 0 Å². The van der Waals surface area contributed by atoms with Gasteiger partial charge in [-0.25, -0.2) is 0 Å². The molecule has 0 atom stereocenters. The molecule has 0 radical (unpaired) electrons. The highest BCUT2D eigenvalue weighted by atomic mass is 35.5. The first-order valence-corrected chi connectivity index (χ1v) is 10.3. The summed E-state index contributed by atoms with van der Waals surface area (Å²) >= 11 is 12.6. The summed E-state index contributed by atoms with van der Waals surface area (Å²) in [5, 5.41) is 3.94. The Labute approximate surface area is 175 Å². The van der Waals surface area contributed by atoms with E-state index in [0.29, 0.717) is 35.1 Å². The van der Waals surface area contributed by atoms with E-state index in [2.05, 4.69) is 11.4 Å². The smallest absolute Gasteiger partial charge is 0.227 e. The Morgan fingerprint density at radius 3 is 2.54 bits per heavy atom. The fourth-order valence-corrected chi connectivity index (χ4v) is 4.24. The lowest BCUT2D eigenvalue weighted by atomic mass is 9.99. The maximum Gasteiger partial charge on any atom is 0.227 e. The van der Waals surface area contributed by atoms with Crippen LogP contribution in [0.25, 0.3) is 0 Å². The van der Waals surface area contributed by atoms with Crippen LogP contribution in [0.2, 0.25) is 10.0 Å². The summed E-state index contributed by atoms with van der Waals surface area (Å²) in [6.45, 7) is 4.61. The van der Waals surface area contributed by atoms with Crippen LogP contribution in [0.1, 0.15) is 42.4 Å². The number of rotatable bonds is 5. The highest BCUT2D eigenvalue weighted by Crippen LogP contribution is 2.36. The Bertz CT molecular complexity index is 912. The average molecular weight is 419 g/mol. The molecule has 1 N–H and O–H groups in total. The Morgan fingerprint density at radius 2 is 1.79 bits per heavy atom. The van der Waals surface area contributed by atoms with Crippen LogP contribution < -0.4 is 10.2 Å². The van der Waals surface area contributed by atoms with Crippen LogP contribution in [0.4, 0.5) is 11.4 Å². The van der Waals surface area contributed by atoms with Gasteiger partial charge in [0.05, 0.1) is 21.4 Å². The zero-order valence-electron chi connectivity index (χ0n) is 16.1. The summed E-state index contributed by atoms with van der Waals surface area (Å²) in [7, 11) is 0. The number of anilines is 2. The molecule has 0 bridgehead atoms. The van der Waals surface area contributed by atoms with Crippen molar-refractivity contribution in [2.45, 2.75) is 46.0 Å². The van der Waals surface area contributed by atoms with E-state index in [0.717, 1.165) is 35.2 Å². The quantitative estimate of drug-likeness (QED) is 0.676. The number of hydrogen-bond acceptors (Lipinski definition) is 2. The van der Waals surface area contributed by atoms with Crippen LogP contribution in [0, 0.1) is 13.8 Å². The number of aryl methyl sites for hydroxylation is 3. The second-order valence-electron chi connectivity index (χ2n) is 7.29. The summed E-state index contributed by atoms with van der Waals surface area (Å²) in [6, 6.07) is 9.48. The van der Waals surface area contributed by atoms with Crippen LogP contribution in [-0.4, -0.2) is 18.4 Å². The lowest BCUT2D eigenvalue weighted by molar-refractivity contribution is -0.119. The summed E-state index contributed by atoms with van der Waals surface area (Å²) in [6.07, 6.45) is 2.89. The first kappa shape index (κ1) is 20.7. The molecular weight excluding hydrogens is 395 g/mol. The monoisotopic (exact) mass is 418 g/mol. The third-order valence-corrected chi connectivity index (χ3v) is 5.48. The standard InChI is InChI=1S/C22H24Cl2N2O2/c1-14-8-9-19(17(23)12-14)25-20(27)6-3-7-21(28)26-10-4-5-16-11-15(2)13-18(24)22(16)26/h8-9,11-13H,3-7,10H2,1-2H3,(H,25,27). The Balaban J connectivity index is 1.56. The zero-order chi connectivity index (χ0) is 20.3. The minimum Gasteiger partial charge on any atom is -0.325 e. The van der Waals surface area contributed by atoms with Gasteiger partial charge in [0, 0.05) is 19.4 Å². The predicted molar refractivity (Wildman–Crippen MR) is 116 cm³/mol. The van der Waals surface area contributed by atoms with Gasteiger partial charge >= 0.3 is 0 Å². The van der Waals surface area contributed by atoms with Gasteiger partial charge in [0.25, 0.3) is 0 Å². The maximum atomic E-state index is 12.7. The van der Waals surface area contributed by atoms with Crippen molar-refractivity contribution in [2.75, 3.05) is 16.8 Å². The van der Waals surface area contributed by atoms with Gasteiger partial charge in [-0.1, -0.05) is 35.3 Å². The van der Waals surface area contributed by atoms with Crippen molar-refractivity contribution < 1.29 is 9.59 Å². The third-order valence-electron chi connectivity index (χ3n) is 4.88. The minimum atomic E-state index is -0.147. The van der Waals surface area contributed by atoms with Crippen LogP contribution in [0.5, 0.6) is 0 Å². The number of fused-ring (bicyclic) bond motifs is 1. The molecule has 2 amide bonds. The van der Waals surface area contributed by atoms with E-state index in [-0.39, 0.29) is 18.2 Å². The summed E-state index contributed by atoms with van der Waals surface area (Å²) in [5.41, 5.74) is 4.68. The second-order valence-corrected chi connectivity index (χ2v) is 8.10. The van der Waals surface area contributed by atoms with Crippen molar-refractivity contribution in [1.82, 2.24) is 0 Å². The predicted octanol–water partition coefficient (Wildman–Crippen LogP) is 5.70.